The van der Waals surface area contributed by atoms with E-state index in [1.807, 2.05) is 31.2 Å². The normalized spacial score (nSPS) is 11.9. The van der Waals surface area contributed by atoms with Crippen LogP contribution in [0.4, 0.5) is 18.3 Å². The Labute approximate surface area is 191 Å². The maximum Gasteiger partial charge on any atom is 0.434 e. The summed E-state index contributed by atoms with van der Waals surface area (Å²) in [6.07, 6.45) is -4.42. The largest absolute Gasteiger partial charge is 0.434 e. The van der Waals surface area contributed by atoms with Gasteiger partial charge in [0.2, 0.25) is 0 Å². The number of nitrogens with zero attached hydrogens (tertiary/aromatic N) is 3. The Balaban J connectivity index is 0.00000300. The van der Waals surface area contributed by atoms with Crippen molar-refractivity contribution in [2.45, 2.75) is 19.6 Å². The van der Waals surface area contributed by atoms with E-state index in [1.165, 1.54) is 0 Å². The van der Waals surface area contributed by atoms with Crippen molar-refractivity contribution >= 4 is 68.0 Å². The van der Waals surface area contributed by atoms with E-state index in [2.05, 4.69) is 30.9 Å². The molecule has 0 spiro atoms. The van der Waals surface area contributed by atoms with Gasteiger partial charge in [0.15, 0.2) is 16.8 Å². The molecule has 3 aromatic rings. The molecule has 6 nitrogen and oxygen atoms in total. The van der Waals surface area contributed by atoms with Crippen LogP contribution in [-0.2, 0) is 12.7 Å². The molecule has 2 heterocycles. The van der Waals surface area contributed by atoms with Gasteiger partial charge in [-0.2, -0.15) is 13.2 Å². The molecule has 0 radical (unpaired) electrons. The van der Waals surface area contributed by atoms with Crippen LogP contribution in [0.3, 0.4) is 0 Å². The molecule has 29 heavy (non-hydrogen) atoms. The molecule has 0 atom stereocenters. The number of hydrogen-bond donors (Lipinski definition) is 3. The number of guanidine groups is 1. The monoisotopic (exact) mass is 556 g/mol. The zero-order chi connectivity index (χ0) is 20.0. The Morgan fingerprint density at radius 1 is 1.14 bits per heavy atom. The maximum atomic E-state index is 12.6. The highest BCUT2D eigenvalue weighted by atomic mass is 127. The van der Waals surface area contributed by atoms with Crippen molar-refractivity contribution in [1.29, 1.82) is 0 Å². The number of anilines is 1. The van der Waals surface area contributed by atoms with Gasteiger partial charge in [-0.3, -0.25) is 0 Å². The molecule has 0 fully saturated rings. The van der Waals surface area contributed by atoms with E-state index in [0.717, 1.165) is 32.1 Å². The SMILES string of the molecule is CCNC(=NCc1nc(C(F)(F)F)cs1)NCCNc1nc2ccccc2s1.I. The van der Waals surface area contributed by atoms with Crippen LogP contribution < -0.4 is 16.0 Å². The molecule has 3 rings (SSSR count). The van der Waals surface area contributed by atoms with Gasteiger partial charge >= 0.3 is 6.18 Å². The summed E-state index contributed by atoms with van der Waals surface area (Å²) in [4.78, 5) is 12.4. The number of fused-ring (bicyclic) bond motifs is 1. The third-order valence-corrected chi connectivity index (χ3v) is 5.37. The summed E-state index contributed by atoms with van der Waals surface area (Å²) in [5, 5.41) is 11.6. The van der Waals surface area contributed by atoms with E-state index >= 15 is 0 Å². The minimum atomic E-state index is -4.42. The molecular formula is C17H20F3IN6S2. The molecule has 1 aromatic carbocycles. The van der Waals surface area contributed by atoms with Gasteiger partial charge in [-0.15, -0.1) is 35.3 Å². The Morgan fingerprint density at radius 2 is 1.93 bits per heavy atom. The van der Waals surface area contributed by atoms with Gasteiger partial charge in [0.1, 0.15) is 5.01 Å². The Hall–Kier alpha value is -1.67. The first kappa shape index (κ1) is 23.6. The average molecular weight is 556 g/mol. The predicted octanol–water partition coefficient (Wildman–Crippen LogP) is 4.56. The number of hydrogen-bond acceptors (Lipinski definition) is 6. The van der Waals surface area contributed by atoms with Crippen LogP contribution in [0.1, 0.15) is 17.6 Å². The maximum absolute atomic E-state index is 12.6. The van der Waals surface area contributed by atoms with Gasteiger partial charge < -0.3 is 16.0 Å². The number of nitrogens with one attached hydrogen (secondary N) is 3. The molecule has 0 aliphatic heterocycles. The molecule has 0 amide bonds. The number of benzene rings is 1. The number of halogens is 4. The van der Waals surface area contributed by atoms with E-state index in [0.29, 0.717) is 30.6 Å². The molecule has 0 aliphatic rings. The predicted molar refractivity (Wildman–Crippen MR) is 123 cm³/mol. The van der Waals surface area contributed by atoms with Gasteiger partial charge in [0, 0.05) is 25.0 Å². The zero-order valence-electron chi connectivity index (χ0n) is 15.4. The lowest BCUT2D eigenvalue weighted by Crippen LogP contribution is -2.39. The number of thiazole rings is 2. The van der Waals surface area contributed by atoms with Crippen molar-refractivity contribution in [3.05, 3.63) is 40.3 Å². The molecule has 0 bridgehead atoms. The molecular weight excluding hydrogens is 536 g/mol. The summed E-state index contributed by atoms with van der Waals surface area (Å²) in [6.45, 7) is 3.85. The van der Waals surface area contributed by atoms with Gasteiger partial charge in [-0.05, 0) is 19.1 Å². The molecule has 3 N–H and O–H groups in total. The molecule has 12 heteroatoms. The second kappa shape index (κ2) is 10.9. The van der Waals surface area contributed by atoms with E-state index in [1.54, 1.807) is 11.3 Å². The van der Waals surface area contributed by atoms with Crippen molar-refractivity contribution in [3.8, 4) is 0 Å². The van der Waals surface area contributed by atoms with Gasteiger partial charge in [0.25, 0.3) is 0 Å². The fourth-order valence-electron chi connectivity index (χ4n) is 2.30. The van der Waals surface area contributed by atoms with Crippen LogP contribution in [0.5, 0.6) is 0 Å². The Kier molecular flexibility index (Phi) is 8.89. The number of alkyl halides is 3. The number of aliphatic imine (C=N–C) groups is 1. The number of rotatable bonds is 7. The summed E-state index contributed by atoms with van der Waals surface area (Å²) < 4.78 is 38.9. The van der Waals surface area contributed by atoms with Crippen LogP contribution in [0.25, 0.3) is 10.2 Å². The van der Waals surface area contributed by atoms with Gasteiger partial charge in [-0.1, -0.05) is 23.5 Å². The first-order valence-corrected chi connectivity index (χ1v) is 10.3. The van der Waals surface area contributed by atoms with E-state index < -0.39 is 11.9 Å². The minimum Gasteiger partial charge on any atom is -0.360 e. The van der Waals surface area contributed by atoms with E-state index in [9.17, 15) is 13.2 Å². The third-order valence-electron chi connectivity index (χ3n) is 3.55. The standard InChI is InChI=1S/C17H19F3N6S2.HI/c1-2-21-15(24-9-14-26-13(10-27-14)17(18,19)20)22-7-8-23-16-25-11-5-3-4-6-12(11)28-16;/h3-6,10H,2,7-9H2,1H3,(H,23,25)(H2,21,22,24);1H. The Bertz CT molecular complexity index is 908. The highest BCUT2D eigenvalue weighted by Gasteiger charge is 2.33. The first-order chi connectivity index (χ1) is 13.5. The van der Waals surface area contributed by atoms with Crippen LogP contribution in [0, 0.1) is 0 Å². The highest BCUT2D eigenvalue weighted by Crippen LogP contribution is 2.30. The summed E-state index contributed by atoms with van der Waals surface area (Å²) in [6, 6.07) is 7.92. The number of para-hydroxylation sites is 1. The van der Waals surface area contributed by atoms with Crippen molar-refractivity contribution in [2.24, 2.45) is 4.99 Å². The minimum absolute atomic E-state index is 0. The molecule has 2 aromatic heterocycles. The molecule has 0 aliphatic carbocycles. The number of aromatic nitrogens is 2. The topological polar surface area (TPSA) is 74.2 Å². The van der Waals surface area contributed by atoms with Gasteiger partial charge in [0.05, 0.1) is 16.8 Å². The fourth-order valence-corrected chi connectivity index (χ4v) is 3.92. The van der Waals surface area contributed by atoms with Crippen molar-refractivity contribution in [3.63, 3.8) is 0 Å². The third kappa shape index (κ3) is 6.96. The van der Waals surface area contributed by atoms with Crippen LogP contribution >= 0.6 is 46.7 Å². The molecule has 0 unspecified atom stereocenters. The lowest BCUT2D eigenvalue weighted by atomic mass is 10.3. The fraction of sp³-hybridized carbons (Fsp3) is 0.353. The second-order valence-electron chi connectivity index (χ2n) is 5.66. The molecule has 0 saturated carbocycles. The first-order valence-electron chi connectivity index (χ1n) is 8.59. The molecule has 158 valence electrons. The van der Waals surface area contributed by atoms with E-state index in [4.69, 9.17) is 0 Å². The lowest BCUT2D eigenvalue weighted by Gasteiger charge is -2.11. The van der Waals surface area contributed by atoms with Crippen molar-refractivity contribution in [1.82, 2.24) is 20.6 Å². The summed E-state index contributed by atoms with van der Waals surface area (Å²) in [5.41, 5.74) is 0.0835. The smallest absolute Gasteiger partial charge is 0.360 e. The highest BCUT2D eigenvalue weighted by molar-refractivity contribution is 14.0. The summed E-state index contributed by atoms with van der Waals surface area (Å²) in [7, 11) is 0. The lowest BCUT2D eigenvalue weighted by molar-refractivity contribution is -0.140. The van der Waals surface area contributed by atoms with E-state index in [-0.39, 0.29) is 30.5 Å². The van der Waals surface area contributed by atoms with Crippen molar-refractivity contribution < 1.29 is 13.2 Å². The zero-order valence-corrected chi connectivity index (χ0v) is 19.4. The quantitative estimate of drug-likeness (QED) is 0.172. The Morgan fingerprint density at radius 3 is 2.62 bits per heavy atom. The summed E-state index contributed by atoms with van der Waals surface area (Å²) in [5.74, 6) is 0.525. The van der Waals surface area contributed by atoms with Crippen molar-refractivity contribution in [2.75, 3.05) is 25.0 Å². The second-order valence-corrected chi connectivity index (χ2v) is 7.63. The average Bonchev–Trinajstić information content (AvgIpc) is 3.29. The van der Waals surface area contributed by atoms with Gasteiger partial charge in [-0.25, -0.2) is 15.0 Å². The summed E-state index contributed by atoms with van der Waals surface area (Å²) >= 11 is 2.53. The van der Waals surface area contributed by atoms with Crippen LogP contribution in [0.2, 0.25) is 0 Å². The van der Waals surface area contributed by atoms with Crippen LogP contribution in [0.15, 0.2) is 34.6 Å². The molecule has 0 saturated heterocycles. The van der Waals surface area contributed by atoms with Crippen LogP contribution in [-0.4, -0.2) is 35.6 Å².